The molecule has 2 aromatic heterocycles. The van der Waals surface area contributed by atoms with Crippen molar-refractivity contribution >= 4 is 28.9 Å². The molecule has 1 amide bonds. The summed E-state index contributed by atoms with van der Waals surface area (Å²) in [6, 6.07) is 0. The maximum Gasteiger partial charge on any atom is 0.332 e. The van der Waals surface area contributed by atoms with Gasteiger partial charge < -0.3 is 0 Å². The van der Waals surface area contributed by atoms with Gasteiger partial charge in [-0.05, 0) is 0 Å². The monoisotopic (exact) mass is 289 g/mol. The predicted molar refractivity (Wildman–Crippen MR) is 73.4 cm³/mol. The van der Waals surface area contributed by atoms with Crippen molar-refractivity contribution < 1.29 is 9.59 Å². The molecule has 9 heteroatoms. The molecule has 0 fully saturated rings. The van der Waals surface area contributed by atoms with Gasteiger partial charge in [0, 0.05) is 20.6 Å². The number of nitrogens with zero attached hydrogens (tertiary/aromatic N) is 5. The molecule has 0 aliphatic carbocycles. The molecule has 0 radical (unpaired) electrons. The first kappa shape index (κ1) is 13.0. The fraction of sp³-hybridized carbons (Fsp3) is 0.250. The molecule has 0 saturated carbocycles. The molecule has 9 nitrogen and oxygen atoms in total. The van der Waals surface area contributed by atoms with Gasteiger partial charge >= 0.3 is 17.5 Å². The molecular formula is C12H11N5O4. The highest BCUT2D eigenvalue weighted by atomic mass is 16.2. The Kier molecular flexibility index (Phi) is 2.49. The number of carbonyl (C=O) groups is 2. The number of carbonyl (C=O) groups excluding carboxylic acids is 2. The fourth-order valence-corrected chi connectivity index (χ4v) is 2.35. The average Bonchev–Trinajstić information content (AvgIpc) is 2.95. The zero-order valence-electron chi connectivity index (χ0n) is 11.4. The van der Waals surface area contributed by atoms with Gasteiger partial charge in [-0.25, -0.2) is 9.36 Å². The van der Waals surface area contributed by atoms with E-state index in [1.54, 1.807) is 0 Å². The van der Waals surface area contributed by atoms with Crippen LogP contribution in [0, 0.1) is 0 Å². The van der Waals surface area contributed by atoms with E-state index >= 15 is 0 Å². The molecular weight excluding hydrogens is 278 g/mol. The van der Waals surface area contributed by atoms with Crippen molar-refractivity contribution in [3.63, 3.8) is 0 Å². The molecule has 1 aliphatic heterocycles. The number of aromatic nitrogens is 4. The van der Waals surface area contributed by atoms with Crippen molar-refractivity contribution in [2.24, 2.45) is 14.1 Å². The molecule has 108 valence electrons. The molecule has 3 rings (SSSR count). The largest absolute Gasteiger partial charge is 0.332 e. The average molecular weight is 289 g/mol. The summed E-state index contributed by atoms with van der Waals surface area (Å²) in [4.78, 5) is 53.3. The van der Waals surface area contributed by atoms with Crippen LogP contribution in [0.3, 0.4) is 0 Å². The lowest BCUT2D eigenvalue weighted by molar-refractivity contribution is -0.114. The maximum atomic E-state index is 12.2. The second-order valence-electron chi connectivity index (χ2n) is 4.63. The summed E-state index contributed by atoms with van der Waals surface area (Å²) < 4.78 is 2.97. The van der Waals surface area contributed by atoms with Crippen LogP contribution in [0.25, 0.3) is 11.2 Å². The van der Waals surface area contributed by atoms with Gasteiger partial charge in [0.05, 0.1) is 0 Å². The Bertz CT molecular complexity index is 945. The Morgan fingerprint density at radius 2 is 1.76 bits per heavy atom. The third kappa shape index (κ3) is 1.42. The van der Waals surface area contributed by atoms with Crippen molar-refractivity contribution in [2.45, 2.75) is 0 Å². The number of imidazole rings is 1. The van der Waals surface area contributed by atoms with E-state index in [1.165, 1.54) is 20.2 Å². The van der Waals surface area contributed by atoms with Crippen LogP contribution in [0.2, 0.25) is 0 Å². The minimum absolute atomic E-state index is 0.0261. The molecule has 0 spiro atoms. The van der Waals surface area contributed by atoms with Crippen LogP contribution in [0.4, 0.5) is 5.95 Å². The Morgan fingerprint density at radius 1 is 1.10 bits per heavy atom. The van der Waals surface area contributed by atoms with Crippen LogP contribution in [0.5, 0.6) is 0 Å². The van der Waals surface area contributed by atoms with Gasteiger partial charge in [0.15, 0.2) is 11.2 Å². The fourth-order valence-electron chi connectivity index (χ4n) is 2.35. The van der Waals surface area contributed by atoms with Crippen molar-refractivity contribution in [1.29, 1.82) is 0 Å². The number of rotatable bonds is 2. The van der Waals surface area contributed by atoms with Gasteiger partial charge in [0.1, 0.15) is 0 Å². The lowest BCUT2D eigenvalue weighted by atomic mass is 10.4. The number of amides is 1. The molecule has 0 N–H and O–H groups in total. The van der Waals surface area contributed by atoms with E-state index in [0.29, 0.717) is 0 Å². The van der Waals surface area contributed by atoms with Gasteiger partial charge in [-0.15, -0.1) is 6.58 Å². The molecule has 2 aromatic rings. The summed E-state index contributed by atoms with van der Waals surface area (Å²) >= 11 is 0. The van der Waals surface area contributed by atoms with Crippen LogP contribution in [0.15, 0.2) is 22.2 Å². The van der Waals surface area contributed by atoms with E-state index in [4.69, 9.17) is 0 Å². The number of aryl methyl sites for hydroxylation is 1. The first-order valence-electron chi connectivity index (χ1n) is 6.05. The van der Waals surface area contributed by atoms with Gasteiger partial charge in [0.2, 0.25) is 5.95 Å². The Morgan fingerprint density at radius 3 is 2.38 bits per heavy atom. The number of hydrogen-bond donors (Lipinski definition) is 0. The summed E-state index contributed by atoms with van der Waals surface area (Å²) in [6.07, 6.45) is 1.44. The number of anilines is 1. The maximum absolute atomic E-state index is 12.2. The highest BCUT2D eigenvalue weighted by molar-refractivity contribution is 6.45. The molecule has 0 bridgehead atoms. The van der Waals surface area contributed by atoms with E-state index in [1.807, 2.05) is 0 Å². The number of fused-ring (bicyclic) bond motifs is 3. The Labute approximate surface area is 117 Å². The van der Waals surface area contributed by atoms with E-state index in [9.17, 15) is 19.2 Å². The smallest absolute Gasteiger partial charge is 0.279 e. The zero-order valence-corrected chi connectivity index (χ0v) is 11.4. The van der Waals surface area contributed by atoms with Gasteiger partial charge in [-0.3, -0.25) is 28.4 Å². The van der Waals surface area contributed by atoms with Gasteiger partial charge in [-0.1, -0.05) is 6.08 Å². The normalized spacial score (nSPS) is 14.1. The topological polar surface area (TPSA) is 99.2 Å². The minimum atomic E-state index is -0.870. The van der Waals surface area contributed by atoms with Crippen molar-refractivity contribution in [3.05, 3.63) is 33.5 Å². The zero-order chi connectivity index (χ0) is 15.5. The summed E-state index contributed by atoms with van der Waals surface area (Å²) in [5.74, 6) is -1.63. The van der Waals surface area contributed by atoms with Crippen LogP contribution in [-0.4, -0.2) is 37.0 Å². The SMILES string of the molecule is C=CCN1C(=O)C(=O)n2c1nc1c2c(=O)n(C)c(=O)n1C. The lowest BCUT2D eigenvalue weighted by Crippen LogP contribution is -2.38. The molecule has 0 unspecified atom stereocenters. The Balaban J connectivity index is 2.50. The Hall–Kier alpha value is -2.97. The lowest BCUT2D eigenvalue weighted by Gasteiger charge is -2.08. The highest BCUT2D eigenvalue weighted by Gasteiger charge is 2.40. The summed E-state index contributed by atoms with van der Waals surface area (Å²) in [7, 11) is 2.74. The summed E-state index contributed by atoms with van der Waals surface area (Å²) in [6.45, 7) is 3.60. The van der Waals surface area contributed by atoms with Crippen LogP contribution in [0.1, 0.15) is 4.79 Å². The van der Waals surface area contributed by atoms with E-state index in [0.717, 1.165) is 18.6 Å². The highest BCUT2D eigenvalue weighted by Crippen LogP contribution is 2.25. The third-order valence-electron chi connectivity index (χ3n) is 3.42. The second-order valence-corrected chi connectivity index (χ2v) is 4.63. The quantitative estimate of drug-likeness (QED) is 0.500. The molecule has 0 atom stereocenters. The molecule has 1 aliphatic rings. The minimum Gasteiger partial charge on any atom is -0.279 e. The van der Waals surface area contributed by atoms with E-state index in [2.05, 4.69) is 11.6 Å². The van der Waals surface area contributed by atoms with Crippen molar-refractivity contribution in [3.8, 4) is 0 Å². The van der Waals surface area contributed by atoms with Crippen LogP contribution >= 0.6 is 0 Å². The first-order valence-corrected chi connectivity index (χ1v) is 6.05. The first-order chi connectivity index (χ1) is 9.90. The third-order valence-corrected chi connectivity index (χ3v) is 3.42. The van der Waals surface area contributed by atoms with Gasteiger partial charge in [0.25, 0.3) is 5.56 Å². The molecule has 3 heterocycles. The second kappa shape index (κ2) is 4.01. The van der Waals surface area contributed by atoms with E-state index < -0.39 is 23.1 Å². The standard InChI is InChI=1S/C12H11N5O4/c1-4-5-16-9(19)10(20)17-6-7(13-11(16)17)14(2)12(21)15(3)8(6)18/h4H,1,5H2,2-3H3. The summed E-state index contributed by atoms with van der Waals surface area (Å²) in [5, 5.41) is 0. The predicted octanol–water partition coefficient (Wildman–Crippen LogP) is -1.39. The van der Waals surface area contributed by atoms with Crippen molar-refractivity contribution in [2.75, 3.05) is 11.4 Å². The van der Waals surface area contributed by atoms with Crippen LogP contribution < -0.4 is 16.1 Å². The van der Waals surface area contributed by atoms with Crippen LogP contribution in [-0.2, 0) is 18.9 Å². The molecule has 0 aromatic carbocycles. The van der Waals surface area contributed by atoms with Gasteiger partial charge in [-0.2, -0.15) is 4.98 Å². The molecule has 21 heavy (non-hydrogen) atoms. The summed E-state index contributed by atoms with van der Waals surface area (Å²) in [5.41, 5.74) is -1.25. The molecule has 0 saturated heterocycles. The van der Waals surface area contributed by atoms with E-state index in [-0.39, 0.29) is 23.7 Å². The van der Waals surface area contributed by atoms with Crippen molar-refractivity contribution in [1.82, 2.24) is 18.7 Å². The number of hydrogen-bond acceptors (Lipinski definition) is 5.